The molecule has 2 amide bonds. The van der Waals surface area contributed by atoms with E-state index in [1.165, 1.54) is 0 Å². The Labute approximate surface area is 162 Å². The number of nitrogens with two attached hydrogens (primary N) is 1. The van der Waals surface area contributed by atoms with Gasteiger partial charge in [0.05, 0.1) is 11.4 Å². The molecule has 1 fully saturated rings. The van der Waals surface area contributed by atoms with E-state index in [1.807, 2.05) is 12.1 Å². The van der Waals surface area contributed by atoms with Gasteiger partial charge in [0.2, 0.25) is 11.8 Å². The standard InChI is InChI=1S/C17H13BrClN3O2S/c18-10-4-6-12(7-5-10)21-17(20)25-14-9-15(23)22(16(14)24)13-3-1-2-11(19)8-13/h1-8,14H,9H2,(H2,20,21)/t14-/m0/s1. The van der Waals surface area contributed by atoms with Crippen molar-refractivity contribution in [3.63, 3.8) is 0 Å². The van der Waals surface area contributed by atoms with Crippen LogP contribution in [0.1, 0.15) is 6.42 Å². The van der Waals surface area contributed by atoms with Crippen LogP contribution in [0.3, 0.4) is 0 Å². The summed E-state index contributed by atoms with van der Waals surface area (Å²) in [6, 6.07) is 13.9. The molecule has 1 aliphatic rings. The molecule has 1 atom stereocenters. The van der Waals surface area contributed by atoms with Crippen molar-refractivity contribution in [1.82, 2.24) is 0 Å². The third kappa shape index (κ3) is 4.23. The number of aliphatic imine (C=N–C) groups is 1. The van der Waals surface area contributed by atoms with E-state index >= 15 is 0 Å². The summed E-state index contributed by atoms with van der Waals surface area (Å²) in [5, 5.41) is 0.109. The Bertz CT molecular complexity index is 857. The normalized spacial score (nSPS) is 18.1. The Kier molecular flexibility index (Phi) is 5.46. The van der Waals surface area contributed by atoms with E-state index in [4.69, 9.17) is 17.3 Å². The lowest BCUT2D eigenvalue weighted by atomic mass is 10.3. The van der Waals surface area contributed by atoms with Crippen LogP contribution in [-0.2, 0) is 9.59 Å². The van der Waals surface area contributed by atoms with Crippen molar-refractivity contribution >= 4 is 67.6 Å². The number of amidine groups is 1. The van der Waals surface area contributed by atoms with Crippen molar-refractivity contribution in [2.45, 2.75) is 11.7 Å². The fourth-order valence-electron chi connectivity index (χ4n) is 2.40. The van der Waals surface area contributed by atoms with Gasteiger partial charge in [-0.3, -0.25) is 9.59 Å². The van der Waals surface area contributed by atoms with Crippen molar-refractivity contribution in [3.05, 3.63) is 58.0 Å². The second-order valence-electron chi connectivity index (χ2n) is 5.28. The second-order valence-corrected chi connectivity index (χ2v) is 7.86. The van der Waals surface area contributed by atoms with E-state index in [0.29, 0.717) is 16.4 Å². The van der Waals surface area contributed by atoms with Gasteiger partial charge in [0.1, 0.15) is 5.25 Å². The molecule has 1 aliphatic heterocycles. The van der Waals surface area contributed by atoms with Gasteiger partial charge in [-0.2, -0.15) is 0 Å². The first-order valence-corrected chi connectivity index (χ1v) is 9.38. The highest BCUT2D eigenvalue weighted by Gasteiger charge is 2.40. The second kappa shape index (κ2) is 7.59. The summed E-state index contributed by atoms with van der Waals surface area (Å²) in [5.74, 6) is -0.590. The molecular weight excluding hydrogens is 426 g/mol. The summed E-state index contributed by atoms with van der Waals surface area (Å²) in [5.41, 5.74) is 7.08. The molecular formula is C17H13BrClN3O2S. The fraction of sp³-hybridized carbons (Fsp3) is 0.118. The number of hydrogen-bond acceptors (Lipinski definition) is 4. The van der Waals surface area contributed by atoms with Crippen LogP contribution in [-0.4, -0.2) is 22.2 Å². The van der Waals surface area contributed by atoms with Crippen molar-refractivity contribution < 1.29 is 9.59 Å². The SMILES string of the molecule is NC(=Nc1ccc(Br)cc1)S[C@H]1CC(=O)N(c2cccc(Cl)c2)C1=O. The average Bonchev–Trinajstić information content (AvgIpc) is 2.83. The maximum atomic E-state index is 12.6. The van der Waals surface area contributed by atoms with Gasteiger partial charge in [-0.1, -0.05) is 45.4 Å². The predicted octanol–water partition coefficient (Wildman–Crippen LogP) is 4.11. The summed E-state index contributed by atoms with van der Waals surface area (Å²) in [6.45, 7) is 0. The highest BCUT2D eigenvalue weighted by atomic mass is 79.9. The average molecular weight is 439 g/mol. The Hall–Kier alpha value is -1.83. The molecule has 2 aromatic rings. The van der Waals surface area contributed by atoms with Gasteiger partial charge in [-0.25, -0.2) is 9.89 Å². The van der Waals surface area contributed by atoms with Crippen molar-refractivity contribution in [3.8, 4) is 0 Å². The van der Waals surface area contributed by atoms with Gasteiger partial charge in [0.15, 0.2) is 5.17 Å². The van der Waals surface area contributed by atoms with Crippen LogP contribution < -0.4 is 10.6 Å². The van der Waals surface area contributed by atoms with Gasteiger partial charge in [0, 0.05) is 15.9 Å². The maximum absolute atomic E-state index is 12.6. The topological polar surface area (TPSA) is 75.8 Å². The first-order chi connectivity index (χ1) is 11.9. The monoisotopic (exact) mass is 437 g/mol. The number of anilines is 1. The number of amides is 2. The van der Waals surface area contributed by atoms with Crippen molar-refractivity contribution in [2.24, 2.45) is 10.7 Å². The van der Waals surface area contributed by atoms with E-state index in [-0.39, 0.29) is 23.4 Å². The minimum atomic E-state index is -0.592. The molecule has 1 heterocycles. The van der Waals surface area contributed by atoms with E-state index in [2.05, 4.69) is 20.9 Å². The zero-order chi connectivity index (χ0) is 18.0. The Balaban J connectivity index is 1.75. The number of carbonyl (C=O) groups excluding carboxylic acids is 2. The molecule has 0 bridgehead atoms. The smallest absolute Gasteiger partial charge is 0.247 e. The van der Waals surface area contributed by atoms with Gasteiger partial charge in [-0.05, 0) is 42.5 Å². The Morgan fingerprint density at radius 2 is 1.96 bits per heavy atom. The quantitative estimate of drug-likeness (QED) is 0.444. The summed E-state index contributed by atoms with van der Waals surface area (Å²) in [4.78, 5) is 30.2. The molecule has 0 unspecified atom stereocenters. The summed E-state index contributed by atoms with van der Waals surface area (Å²) in [7, 11) is 0. The molecule has 128 valence electrons. The lowest BCUT2D eigenvalue weighted by Crippen LogP contribution is -2.31. The van der Waals surface area contributed by atoms with Gasteiger partial charge < -0.3 is 5.73 Å². The van der Waals surface area contributed by atoms with Crippen LogP contribution in [0.15, 0.2) is 58.0 Å². The molecule has 0 aromatic heterocycles. The number of thioether (sulfide) groups is 1. The zero-order valence-corrected chi connectivity index (χ0v) is 16.0. The number of hydrogen-bond donors (Lipinski definition) is 1. The van der Waals surface area contributed by atoms with E-state index in [0.717, 1.165) is 21.1 Å². The molecule has 0 aliphatic carbocycles. The molecule has 0 saturated carbocycles. The van der Waals surface area contributed by atoms with Crippen molar-refractivity contribution in [1.29, 1.82) is 0 Å². The molecule has 8 heteroatoms. The highest BCUT2D eigenvalue weighted by molar-refractivity contribution is 9.10. The van der Waals surface area contributed by atoms with E-state index in [9.17, 15) is 9.59 Å². The largest absolute Gasteiger partial charge is 0.378 e. The molecule has 3 rings (SSSR count). The van der Waals surface area contributed by atoms with E-state index in [1.54, 1.807) is 36.4 Å². The van der Waals surface area contributed by atoms with Crippen LogP contribution in [0, 0.1) is 0 Å². The van der Waals surface area contributed by atoms with Gasteiger partial charge in [-0.15, -0.1) is 0 Å². The van der Waals surface area contributed by atoms with Crippen LogP contribution in [0.25, 0.3) is 0 Å². The predicted molar refractivity (Wildman–Crippen MR) is 105 cm³/mol. The number of halogens is 2. The minimum Gasteiger partial charge on any atom is -0.378 e. The molecule has 5 nitrogen and oxygen atoms in total. The summed E-state index contributed by atoms with van der Waals surface area (Å²) in [6.07, 6.45) is 0.0760. The number of carbonyl (C=O) groups is 2. The molecule has 0 radical (unpaired) electrons. The van der Waals surface area contributed by atoms with Crippen LogP contribution in [0.4, 0.5) is 11.4 Å². The lowest BCUT2D eigenvalue weighted by molar-refractivity contribution is -0.121. The zero-order valence-electron chi connectivity index (χ0n) is 12.9. The Morgan fingerprint density at radius 1 is 1.24 bits per heavy atom. The van der Waals surface area contributed by atoms with Gasteiger partial charge >= 0.3 is 0 Å². The molecule has 2 N–H and O–H groups in total. The number of nitrogens with zero attached hydrogens (tertiary/aromatic N) is 2. The number of benzene rings is 2. The van der Waals surface area contributed by atoms with Crippen LogP contribution >= 0.6 is 39.3 Å². The van der Waals surface area contributed by atoms with Crippen molar-refractivity contribution in [2.75, 3.05) is 4.90 Å². The first kappa shape index (κ1) is 18.0. The Morgan fingerprint density at radius 3 is 2.64 bits per heavy atom. The molecule has 0 spiro atoms. The third-order valence-corrected chi connectivity index (χ3v) is 5.25. The molecule has 2 aromatic carbocycles. The number of rotatable bonds is 3. The molecule has 1 saturated heterocycles. The summed E-state index contributed by atoms with van der Waals surface area (Å²) < 4.78 is 0.936. The maximum Gasteiger partial charge on any atom is 0.247 e. The fourth-order valence-corrected chi connectivity index (χ4v) is 3.73. The summed E-state index contributed by atoms with van der Waals surface area (Å²) >= 11 is 10.4. The minimum absolute atomic E-state index is 0.0760. The lowest BCUT2D eigenvalue weighted by Gasteiger charge is -2.15. The number of imide groups is 1. The van der Waals surface area contributed by atoms with Crippen LogP contribution in [0.5, 0.6) is 0 Å². The molecule has 25 heavy (non-hydrogen) atoms. The van der Waals surface area contributed by atoms with Crippen LogP contribution in [0.2, 0.25) is 5.02 Å². The van der Waals surface area contributed by atoms with E-state index < -0.39 is 5.25 Å². The first-order valence-electron chi connectivity index (χ1n) is 7.33. The highest BCUT2D eigenvalue weighted by Crippen LogP contribution is 2.31. The van der Waals surface area contributed by atoms with Gasteiger partial charge in [0.25, 0.3) is 0 Å². The third-order valence-electron chi connectivity index (χ3n) is 3.50.